The Bertz CT molecular complexity index is 429. The van der Waals surface area contributed by atoms with Gasteiger partial charge in [-0.3, -0.25) is 4.79 Å². The molecule has 17 heavy (non-hydrogen) atoms. The summed E-state index contributed by atoms with van der Waals surface area (Å²) in [6.07, 6.45) is 1.82. The van der Waals surface area contributed by atoms with Gasteiger partial charge in [-0.05, 0) is 24.5 Å². The van der Waals surface area contributed by atoms with Crippen molar-refractivity contribution < 1.29 is 4.79 Å². The second-order valence-corrected chi connectivity index (χ2v) is 5.14. The van der Waals surface area contributed by atoms with Gasteiger partial charge in [0.1, 0.15) is 0 Å². The standard InChI is InChI=1S/C13H17ClN2O/c1-16(12(17)13(9-15)6-7-13)8-10-4-2-3-5-11(10)14/h2-5H,6-9,15H2,1H3. The molecular weight excluding hydrogens is 236 g/mol. The molecule has 0 saturated heterocycles. The molecule has 3 nitrogen and oxygen atoms in total. The third kappa shape index (κ3) is 2.45. The minimum absolute atomic E-state index is 0.139. The van der Waals surface area contributed by atoms with Crippen molar-refractivity contribution in [3.8, 4) is 0 Å². The number of hydrogen-bond donors (Lipinski definition) is 1. The Morgan fingerprint density at radius 2 is 2.12 bits per heavy atom. The predicted octanol–water partition coefficient (Wildman–Crippen LogP) is 2.04. The number of benzene rings is 1. The number of rotatable bonds is 4. The van der Waals surface area contributed by atoms with Crippen LogP contribution in [0, 0.1) is 5.41 Å². The van der Waals surface area contributed by atoms with E-state index in [9.17, 15) is 4.79 Å². The lowest BCUT2D eigenvalue weighted by molar-refractivity contribution is -0.135. The Morgan fingerprint density at radius 3 is 2.65 bits per heavy atom. The fourth-order valence-electron chi connectivity index (χ4n) is 2.02. The van der Waals surface area contributed by atoms with Crippen LogP contribution in [-0.2, 0) is 11.3 Å². The quantitative estimate of drug-likeness (QED) is 0.891. The van der Waals surface area contributed by atoms with E-state index in [1.54, 1.807) is 11.9 Å². The Balaban J connectivity index is 2.05. The normalized spacial score (nSPS) is 16.6. The van der Waals surface area contributed by atoms with E-state index in [1.807, 2.05) is 24.3 Å². The van der Waals surface area contributed by atoms with Crippen LogP contribution in [0.4, 0.5) is 0 Å². The zero-order valence-corrected chi connectivity index (χ0v) is 10.7. The molecule has 1 aromatic rings. The molecule has 1 aliphatic carbocycles. The average molecular weight is 253 g/mol. The SMILES string of the molecule is CN(Cc1ccccc1Cl)C(=O)C1(CN)CC1. The molecule has 1 aliphatic rings. The van der Waals surface area contributed by atoms with Crippen LogP contribution >= 0.6 is 11.6 Å². The van der Waals surface area contributed by atoms with Gasteiger partial charge in [-0.2, -0.15) is 0 Å². The maximum atomic E-state index is 12.2. The first-order valence-corrected chi connectivity index (χ1v) is 6.16. The van der Waals surface area contributed by atoms with Crippen molar-refractivity contribution >= 4 is 17.5 Å². The van der Waals surface area contributed by atoms with Gasteiger partial charge in [0.25, 0.3) is 0 Å². The molecule has 4 heteroatoms. The van der Waals surface area contributed by atoms with E-state index in [-0.39, 0.29) is 11.3 Å². The van der Waals surface area contributed by atoms with E-state index in [2.05, 4.69) is 0 Å². The molecule has 1 amide bonds. The number of carbonyl (C=O) groups excluding carboxylic acids is 1. The summed E-state index contributed by atoms with van der Waals surface area (Å²) < 4.78 is 0. The fourth-order valence-corrected chi connectivity index (χ4v) is 2.21. The zero-order valence-electron chi connectivity index (χ0n) is 9.95. The monoisotopic (exact) mass is 252 g/mol. The van der Waals surface area contributed by atoms with Crippen LogP contribution in [0.2, 0.25) is 5.02 Å². The minimum atomic E-state index is -0.282. The highest BCUT2D eigenvalue weighted by atomic mass is 35.5. The summed E-state index contributed by atoms with van der Waals surface area (Å²) in [5.74, 6) is 0.139. The van der Waals surface area contributed by atoms with Gasteiger partial charge in [0.2, 0.25) is 5.91 Å². The van der Waals surface area contributed by atoms with Crippen LogP contribution in [0.15, 0.2) is 24.3 Å². The van der Waals surface area contributed by atoms with Crippen molar-refractivity contribution in [3.05, 3.63) is 34.9 Å². The van der Waals surface area contributed by atoms with E-state index in [0.717, 1.165) is 18.4 Å². The maximum absolute atomic E-state index is 12.2. The van der Waals surface area contributed by atoms with Crippen LogP contribution in [0.5, 0.6) is 0 Å². The second kappa shape index (κ2) is 4.67. The Hall–Kier alpha value is -1.06. The summed E-state index contributed by atoms with van der Waals surface area (Å²) >= 11 is 6.07. The largest absolute Gasteiger partial charge is 0.341 e. The van der Waals surface area contributed by atoms with Crippen molar-refractivity contribution in [2.45, 2.75) is 19.4 Å². The van der Waals surface area contributed by atoms with E-state index in [0.29, 0.717) is 18.1 Å². The first-order valence-electron chi connectivity index (χ1n) is 5.78. The van der Waals surface area contributed by atoms with Crippen molar-refractivity contribution in [3.63, 3.8) is 0 Å². The number of nitrogens with two attached hydrogens (primary N) is 1. The molecule has 1 aromatic carbocycles. The molecule has 2 rings (SSSR count). The van der Waals surface area contributed by atoms with E-state index in [1.165, 1.54) is 0 Å². The highest BCUT2D eigenvalue weighted by molar-refractivity contribution is 6.31. The van der Waals surface area contributed by atoms with Gasteiger partial charge in [-0.15, -0.1) is 0 Å². The van der Waals surface area contributed by atoms with E-state index >= 15 is 0 Å². The van der Waals surface area contributed by atoms with E-state index in [4.69, 9.17) is 17.3 Å². The molecule has 92 valence electrons. The molecule has 0 radical (unpaired) electrons. The van der Waals surface area contributed by atoms with E-state index < -0.39 is 0 Å². The van der Waals surface area contributed by atoms with Gasteiger partial charge in [-0.1, -0.05) is 29.8 Å². The molecule has 2 N–H and O–H groups in total. The highest BCUT2D eigenvalue weighted by Crippen LogP contribution is 2.46. The summed E-state index contributed by atoms with van der Waals surface area (Å²) in [6.45, 7) is 0.985. The van der Waals surface area contributed by atoms with Gasteiger partial charge < -0.3 is 10.6 Å². The molecule has 1 fully saturated rings. The van der Waals surface area contributed by atoms with Crippen molar-refractivity contribution in [2.75, 3.05) is 13.6 Å². The smallest absolute Gasteiger partial charge is 0.230 e. The number of nitrogens with zero attached hydrogens (tertiary/aromatic N) is 1. The van der Waals surface area contributed by atoms with Gasteiger partial charge in [0.15, 0.2) is 0 Å². The van der Waals surface area contributed by atoms with Crippen LogP contribution in [0.3, 0.4) is 0 Å². The fraction of sp³-hybridized carbons (Fsp3) is 0.462. The van der Waals surface area contributed by atoms with Crippen LogP contribution in [0.1, 0.15) is 18.4 Å². The summed E-state index contributed by atoms with van der Waals surface area (Å²) in [5, 5.41) is 0.699. The van der Waals surface area contributed by atoms with Crippen LogP contribution < -0.4 is 5.73 Å². The maximum Gasteiger partial charge on any atom is 0.230 e. The molecule has 0 unspecified atom stereocenters. The first kappa shape index (κ1) is 12.4. The molecule has 0 heterocycles. The molecule has 0 aromatic heterocycles. The number of halogens is 1. The number of hydrogen-bond acceptors (Lipinski definition) is 2. The average Bonchev–Trinajstić information content (AvgIpc) is 3.12. The third-order valence-corrected chi connectivity index (χ3v) is 3.78. The molecule has 0 spiro atoms. The van der Waals surface area contributed by atoms with Crippen molar-refractivity contribution in [1.29, 1.82) is 0 Å². The van der Waals surface area contributed by atoms with Gasteiger partial charge in [0.05, 0.1) is 5.41 Å². The topological polar surface area (TPSA) is 46.3 Å². The van der Waals surface area contributed by atoms with Crippen molar-refractivity contribution in [1.82, 2.24) is 4.90 Å². The number of amides is 1. The van der Waals surface area contributed by atoms with Crippen molar-refractivity contribution in [2.24, 2.45) is 11.1 Å². The summed E-state index contributed by atoms with van der Waals surface area (Å²) in [7, 11) is 1.81. The Morgan fingerprint density at radius 1 is 1.47 bits per heavy atom. The van der Waals surface area contributed by atoms with Crippen LogP contribution in [0.25, 0.3) is 0 Å². The summed E-state index contributed by atoms with van der Waals surface area (Å²) in [4.78, 5) is 13.9. The number of carbonyl (C=O) groups is 1. The highest BCUT2D eigenvalue weighted by Gasteiger charge is 2.49. The first-order chi connectivity index (χ1) is 8.09. The molecule has 0 aliphatic heterocycles. The lowest BCUT2D eigenvalue weighted by atomic mass is 10.1. The van der Waals surface area contributed by atoms with Gasteiger partial charge in [-0.25, -0.2) is 0 Å². The Labute approximate surface area is 107 Å². The van der Waals surface area contributed by atoms with Crippen LogP contribution in [-0.4, -0.2) is 24.4 Å². The third-order valence-electron chi connectivity index (χ3n) is 3.41. The van der Waals surface area contributed by atoms with Gasteiger partial charge in [0, 0.05) is 25.2 Å². The molecular formula is C13H17ClN2O. The minimum Gasteiger partial charge on any atom is -0.341 e. The molecule has 0 atom stereocenters. The Kier molecular flexibility index (Phi) is 3.40. The second-order valence-electron chi connectivity index (χ2n) is 4.74. The summed E-state index contributed by atoms with van der Waals surface area (Å²) in [5.41, 5.74) is 6.35. The summed E-state index contributed by atoms with van der Waals surface area (Å²) in [6, 6.07) is 7.59. The zero-order chi connectivity index (χ0) is 12.5. The molecule has 0 bridgehead atoms. The predicted molar refractivity (Wildman–Crippen MR) is 68.6 cm³/mol. The lowest BCUT2D eigenvalue weighted by Crippen LogP contribution is -2.37. The molecule has 1 saturated carbocycles. The van der Waals surface area contributed by atoms with Gasteiger partial charge >= 0.3 is 0 Å². The lowest BCUT2D eigenvalue weighted by Gasteiger charge is -2.23.